The lowest BCUT2D eigenvalue weighted by Gasteiger charge is -2.04. The first-order valence-electron chi connectivity index (χ1n) is 6.61. The number of benzene rings is 1. The highest BCUT2D eigenvalue weighted by atomic mass is 19.1. The van der Waals surface area contributed by atoms with Crippen LogP contribution in [0.15, 0.2) is 30.7 Å². The van der Waals surface area contributed by atoms with Gasteiger partial charge in [0.15, 0.2) is 0 Å². The number of imidazole rings is 1. The maximum absolute atomic E-state index is 13.4. The predicted octanol–water partition coefficient (Wildman–Crippen LogP) is 1.68. The van der Waals surface area contributed by atoms with Crippen LogP contribution in [0.3, 0.4) is 0 Å². The van der Waals surface area contributed by atoms with Crippen LogP contribution in [0.1, 0.15) is 16.8 Å². The molecule has 2 aromatic rings. The first-order valence-corrected chi connectivity index (χ1v) is 6.61. The number of hydrogen-bond donors (Lipinski definition) is 1. The molecule has 0 atom stereocenters. The molecule has 0 aliphatic heterocycles. The van der Waals surface area contributed by atoms with E-state index in [-0.39, 0.29) is 0 Å². The zero-order valence-electron chi connectivity index (χ0n) is 11.8. The van der Waals surface area contributed by atoms with E-state index >= 15 is 0 Å². The van der Waals surface area contributed by atoms with Gasteiger partial charge in [-0.25, -0.2) is 9.37 Å². The van der Waals surface area contributed by atoms with Gasteiger partial charge in [0.05, 0.1) is 30.3 Å². The molecule has 0 radical (unpaired) electrons. The predicted molar refractivity (Wildman–Crippen MR) is 76.0 cm³/mol. The van der Waals surface area contributed by atoms with Gasteiger partial charge in [0.2, 0.25) is 0 Å². The molecule has 1 heterocycles. The first-order chi connectivity index (χ1) is 10.2. The maximum Gasteiger partial charge on any atom is 0.124 e. The minimum absolute atomic E-state index is 0.326. The zero-order chi connectivity index (χ0) is 15.1. The first kappa shape index (κ1) is 15.2. The van der Waals surface area contributed by atoms with Crippen molar-refractivity contribution in [1.82, 2.24) is 14.9 Å². The molecule has 2 rings (SSSR count). The number of rotatable bonds is 7. The second kappa shape index (κ2) is 7.53. The number of halogens is 1. The normalized spacial score (nSPS) is 10.5. The monoisotopic (exact) mass is 288 g/mol. The van der Waals surface area contributed by atoms with Crippen molar-refractivity contribution < 1.29 is 9.13 Å². The standard InChI is InChI=1S/C15H17FN4O/c1-21-3-2-18-8-15-10-20(11-19-15)9-13-4-12(7-17)5-14(16)6-13/h4-6,10-11,18H,2-3,8-9H2,1H3. The third kappa shape index (κ3) is 4.67. The minimum Gasteiger partial charge on any atom is -0.383 e. The second-order valence-corrected chi connectivity index (χ2v) is 4.67. The van der Waals surface area contributed by atoms with Crippen LogP contribution < -0.4 is 5.32 Å². The van der Waals surface area contributed by atoms with Crippen LogP contribution in [-0.2, 0) is 17.8 Å². The van der Waals surface area contributed by atoms with E-state index in [1.54, 1.807) is 19.5 Å². The van der Waals surface area contributed by atoms with Crippen molar-refractivity contribution in [2.75, 3.05) is 20.3 Å². The third-order valence-electron chi connectivity index (χ3n) is 2.93. The lowest BCUT2D eigenvalue weighted by atomic mass is 10.1. The molecule has 6 heteroatoms. The summed E-state index contributed by atoms with van der Waals surface area (Å²) in [6, 6.07) is 6.29. The van der Waals surface area contributed by atoms with Crippen LogP contribution in [0.5, 0.6) is 0 Å². The summed E-state index contributed by atoms with van der Waals surface area (Å²) >= 11 is 0. The van der Waals surface area contributed by atoms with Gasteiger partial charge in [-0.15, -0.1) is 0 Å². The van der Waals surface area contributed by atoms with Crippen molar-refractivity contribution in [3.05, 3.63) is 53.4 Å². The Balaban J connectivity index is 1.96. The summed E-state index contributed by atoms with van der Waals surface area (Å²) in [7, 11) is 1.66. The Morgan fingerprint density at radius 1 is 1.43 bits per heavy atom. The van der Waals surface area contributed by atoms with Gasteiger partial charge < -0.3 is 14.6 Å². The molecule has 0 spiro atoms. The van der Waals surface area contributed by atoms with Crippen molar-refractivity contribution in [1.29, 1.82) is 5.26 Å². The number of hydrogen-bond acceptors (Lipinski definition) is 4. The fourth-order valence-corrected chi connectivity index (χ4v) is 1.99. The van der Waals surface area contributed by atoms with Gasteiger partial charge >= 0.3 is 0 Å². The molecule has 0 saturated carbocycles. The van der Waals surface area contributed by atoms with Crippen molar-refractivity contribution in [3.8, 4) is 6.07 Å². The van der Waals surface area contributed by atoms with E-state index in [1.165, 1.54) is 12.1 Å². The molecule has 0 fully saturated rings. The molecule has 1 aromatic heterocycles. The molecule has 1 aromatic carbocycles. The Hall–Kier alpha value is -2.23. The van der Waals surface area contributed by atoms with E-state index in [0.29, 0.717) is 25.3 Å². The van der Waals surface area contributed by atoms with Crippen LogP contribution in [-0.4, -0.2) is 29.8 Å². The summed E-state index contributed by atoms with van der Waals surface area (Å²) in [4.78, 5) is 4.28. The number of ether oxygens (including phenoxy) is 1. The fraction of sp³-hybridized carbons (Fsp3) is 0.333. The molecular weight excluding hydrogens is 271 g/mol. The SMILES string of the molecule is COCCNCc1cn(Cc2cc(F)cc(C#N)c2)cn1. The minimum atomic E-state index is -0.398. The Kier molecular flexibility index (Phi) is 5.43. The summed E-state index contributed by atoms with van der Waals surface area (Å²) in [6.45, 7) is 2.56. The van der Waals surface area contributed by atoms with E-state index < -0.39 is 5.82 Å². The summed E-state index contributed by atoms with van der Waals surface area (Å²) in [5.74, 6) is -0.398. The molecule has 0 saturated heterocycles. The van der Waals surface area contributed by atoms with Crippen molar-refractivity contribution >= 4 is 0 Å². The van der Waals surface area contributed by atoms with Crippen molar-refractivity contribution in [2.45, 2.75) is 13.1 Å². The molecular formula is C15H17FN4O. The third-order valence-corrected chi connectivity index (χ3v) is 2.93. The molecule has 21 heavy (non-hydrogen) atoms. The lowest BCUT2D eigenvalue weighted by Crippen LogP contribution is -2.18. The highest BCUT2D eigenvalue weighted by Gasteiger charge is 2.03. The van der Waals surface area contributed by atoms with Gasteiger partial charge in [-0.1, -0.05) is 0 Å². The van der Waals surface area contributed by atoms with E-state index in [1.807, 2.05) is 16.8 Å². The van der Waals surface area contributed by atoms with E-state index in [9.17, 15) is 4.39 Å². The van der Waals surface area contributed by atoms with Gasteiger partial charge in [0.25, 0.3) is 0 Å². The second-order valence-electron chi connectivity index (χ2n) is 4.67. The molecule has 110 valence electrons. The Morgan fingerprint density at radius 3 is 3.05 bits per heavy atom. The van der Waals surface area contributed by atoms with Gasteiger partial charge in [-0.2, -0.15) is 5.26 Å². The molecule has 0 bridgehead atoms. The van der Waals surface area contributed by atoms with Gasteiger partial charge in [0.1, 0.15) is 5.82 Å². The average Bonchev–Trinajstić information content (AvgIpc) is 2.90. The van der Waals surface area contributed by atoms with Crippen LogP contribution in [0.4, 0.5) is 4.39 Å². The molecule has 0 aliphatic rings. The van der Waals surface area contributed by atoms with Gasteiger partial charge in [0, 0.05) is 32.9 Å². The Morgan fingerprint density at radius 2 is 2.29 bits per heavy atom. The van der Waals surface area contributed by atoms with E-state index in [0.717, 1.165) is 17.8 Å². The number of nitrogens with zero attached hydrogens (tertiary/aromatic N) is 3. The summed E-state index contributed by atoms with van der Waals surface area (Å²) in [6.07, 6.45) is 3.60. The number of aromatic nitrogens is 2. The highest BCUT2D eigenvalue weighted by Crippen LogP contribution is 2.10. The summed E-state index contributed by atoms with van der Waals surface area (Å²) in [5, 5.41) is 12.0. The number of nitrogens with one attached hydrogen (secondary N) is 1. The van der Waals surface area contributed by atoms with Crippen molar-refractivity contribution in [3.63, 3.8) is 0 Å². The fourth-order valence-electron chi connectivity index (χ4n) is 1.99. The largest absolute Gasteiger partial charge is 0.383 e. The number of methoxy groups -OCH3 is 1. The molecule has 0 unspecified atom stereocenters. The van der Waals surface area contributed by atoms with Gasteiger partial charge in [-0.05, 0) is 23.8 Å². The molecule has 0 aliphatic carbocycles. The van der Waals surface area contributed by atoms with Crippen molar-refractivity contribution in [2.24, 2.45) is 0 Å². The average molecular weight is 288 g/mol. The van der Waals surface area contributed by atoms with Crippen LogP contribution in [0, 0.1) is 17.1 Å². The van der Waals surface area contributed by atoms with E-state index in [4.69, 9.17) is 10.00 Å². The molecule has 5 nitrogen and oxygen atoms in total. The van der Waals surface area contributed by atoms with Gasteiger partial charge in [-0.3, -0.25) is 0 Å². The maximum atomic E-state index is 13.4. The van der Waals surface area contributed by atoms with Crippen LogP contribution in [0.25, 0.3) is 0 Å². The summed E-state index contributed by atoms with van der Waals surface area (Å²) < 4.78 is 20.2. The number of nitriles is 1. The summed E-state index contributed by atoms with van der Waals surface area (Å²) in [5.41, 5.74) is 1.97. The Labute approximate surface area is 123 Å². The topological polar surface area (TPSA) is 62.9 Å². The van der Waals surface area contributed by atoms with Crippen LogP contribution in [0.2, 0.25) is 0 Å². The quantitative estimate of drug-likeness (QED) is 0.787. The van der Waals surface area contributed by atoms with Crippen LogP contribution >= 0.6 is 0 Å². The molecule has 1 N–H and O–H groups in total. The highest BCUT2D eigenvalue weighted by molar-refractivity contribution is 5.33. The zero-order valence-corrected chi connectivity index (χ0v) is 11.8. The molecule has 0 amide bonds. The lowest BCUT2D eigenvalue weighted by molar-refractivity contribution is 0.199. The smallest absolute Gasteiger partial charge is 0.124 e. The van der Waals surface area contributed by atoms with E-state index in [2.05, 4.69) is 10.3 Å². The Bertz CT molecular complexity index is 633.